The molecule has 88 valence electrons. The van der Waals surface area contributed by atoms with E-state index in [1.807, 2.05) is 45.0 Å². The summed E-state index contributed by atoms with van der Waals surface area (Å²) in [6.45, 7) is 6.29. The Morgan fingerprint density at radius 3 is 2.56 bits per heavy atom. The van der Waals surface area contributed by atoms with Crippen molar-refractivity contribution in [2.24, 2.45) is 5.73 Å². The van der Waals surface area contributed by atoms with Crippen molar-refractivity contribution in [1.82, 2.24) is 5.32 Å². The Hall–Kier alpha value is -1.35. The van der Waals surface area contributed by atoms with E-state index in [-0.39, 0.29) is 11.4 Å². The molecule has 0 aliphatic carbocycles. The van der Waals surface area contributed by atoms with E-state index in [9.17, 15) is 4.79 Å². The van der Waals surface area contributed by atoms with Gasteiger partial charge in [0.2, 0.25) is 0 Å². The number of nitrogens with one attached hydrogen (secondary N) is 1. The highest BCUT2D eigenvalue weighted by atomic mass is 16.1. The van der Waals surface area contributed by atoms with E-state index in [0.717, 1.165) is 17.5 Å². The Balaban J connectivity index is 2.73. The van der Waals surface area contributed by atoms with Gasteiger partial charge < -0.3 is 11.1 Å². The van der Waals surface area contributed by atoms with E-state index in [0.29, 0.717) is 6.54 Å². The van der Waals surface area contributed by atoms with Crippen LogP contribution in [0, 0.1) is 0 Å². The van der Waals surface area contributed by atoms with E-state index in [1.165, 1.54) is 0 Å². The minimum atomic E-state index is -0.378. The number of hydrogen-bond acceptors (Lipinski definition) is 2. The summed E-state index contributed by atoms with van der Waals surface area (Å²) in [6.07, 6.45) is 0.857. The maximum Gasteiger partial charge on any atom is 0.251 e. The zero-order valence-electron chi connectivity index (χ0n) is 10.2. The molecule has 0 heterocycles. The van der Waals surface area contributed by atoms with Crippen molar-refractivity contribution in [2.45, 2.75) is 32.7 Å². The number of aryl methyl sites for hydroxylation is 1. The summed E-state index contributed by atoms with van der Waals surface area (Å²) in [7, 11) is 0. The average molecular weight is 220 g/mol. The molecule has 1 aromatic carbocycles. The summed E-state index contributed by atoms with van der Waals surface area (Å²) in [4.78, 5) is 11.9. The molecule has 0 saturated heterocycles. The predicted octanol–water partition coefficient (Wildman–Crippen LogP) is 1.72. The first-order valence-electron chi connectivity index (χ1n) is 5.59. The molecule has 1 amide bonds. The molecule has 1 rings (SSSR count). The lowest BCUT2D eigenvalue weighted by molar-refractivity contribution is 0.0945. The molecular formula is C13H20N2O. The predicted molar refractivity (Wildman–Crippen MR) is 66.4 cm³/mol. The van der Waals surface area contributed by atoms with Crippen molar-refractivity contribution >= 4 is 5.91 Å². The summed E-state index contributed by atoms with van der Waals surface area (Å²) in [6, 6.07) is 7.64. The summed E-state index contributed by atoms with van der Waals surface area (Å²) in [5, 5.41) is 2.85. The van der Waals surface area contributed by atoms with Gasteiger partial charge in [0, 0.05) is 17.6 Å². The van der Waals surface area contributed by atoms with Gasteiger partial charge in [-0.25, -0.2) is 0 Å². The molecule has 0 spiro atoms. The molecule has 0 bridgehead atoms. The number of amides is 1. The smallest absolute Gasteiger partial charge is 0.251 e. The van der Waals surface area contributed by atoms with Gasteiger partial charge in [0.25, 0.3) is 5.91 Å². The lowest BCUT2D eigenvalue weighted by atomic mass is 10.0. The molecule has 3 heteroatoms. The summed E-state index contributed by atoms with van der Waals surface area (Å²) in [5.41, 5.74) is 7.25. The van der Waals surface area contributed by atoms with Crippen LogP contribution in [0.4, 0.5) is 0 Å². The molecule has 0 aliphatic heterocycles. The van der Waals surface area contributed by atoms with Crippen molar-refractivity contribution in [3.8, 4) is 0 Å². The third kappa shape index (κ3) is 3.66. The fourth-order valence-corrected chi connectivity index (χ4v) is 1.45. The summed E-state index contributed by atoms with van der Waals surface area (Å²) < 4.78 is 0. The van der Waals surface area contributed by atoms with Crippen molar-refractivity contribution in [1.29, 1.82) is 0 Å². The van der Waals surface area contributed by atoms with E-state index in [4.69, 9.17) is 5.73 Å². The highest BCUT2D eigenvalue weighted by molar-refractivity contribution is 5.95. The quantitative estimate of drug-likeness (QED) is 0.811. The van der Waals surface area contributed by atoms with Gasteiger partial charge in [0.1, 0.15) is 0 Å². The first-order valence-corrected chi connectivity index (χ1v) is 5.59. The van der Waals surface area contributed by atoms with Gasteiger partial charge in [-0.15, -0.1) is 0 Å². The van der Waals surface area contributed by atoms with Crippen LogP contribution in [-0.4, -0.2) is 18.0 Å². The summed E-state index contributed by atoms with van der Waals surface area (Å²) in [5.74, 6) is -0.0454. The van der Waals surface area contributed by atoms with Gasteiger partial charge in [-0.3, -0.25) is 4.79 Å². The number of benzene rings is 1. The minimum Gasteiger partial charge on any atom is -0.350 e. The van der Waals surface area contributed by atoms with E-state index in [2.05, 4.69) is 5.32 Å². The Bertz CT molecular complexity index is 366. The molecule has 3 nitrogen and oxygen atoms in total. The van der Waals surface area contributed by atoms with Crippen molar-refractivity contribution in [3.05, 3.63) is 35.4 Å². The fraction of sp³-hybridized carbons (Fsp3) is 0.462. The lowest BCUT2D eigenvalue weighted by Gasteiger charge is -2.19. The first kappa shape index (κ1) is 12.7. The van der Waals surface area contributed by atoms with Crippen LogP contribution in [0.5, 0.6) is 0 Å². The highest BCUT2D eigenvalue weighted by Crippen LogP contribution is 2.09. The Morgan fingerprint density at radius 2 is 2.00 bits per heavy atom. The molecule has 0 radical (unpaired) electrons. The SMILES string of the molecule is CCc1ccccc1C(=O)NCC(C)(C)N. The van der Waals surface area contributed by atoms with Gasteiger partial charge in [0.15, 0.2) is 0 Å². The molecule has 0 saturated carbocycles. The van der Waals surface area contributed by atoms with E-state index >= 15 is 0 Å². The molecule has 0 unspecified atom stereocenters. The van der Waals surface area contributed by atoms with Crippen LogP contribution >= 0.6 is 0 Å². The monoisotopic (exact) mass is 220 g/mol. The number of rotatable bonds is 4. The van der Waals surface area contributed by atoms with Crippen molar-refractivity contribution in [3.63, 3.8) is 0 Å². The molecule has 0 aliphatic rings. The first-order chi connectivity index (χ1) is 7.44. The highest BCUT2D eigenvalue weighted by Gasteiger charge is 2.14. The van der Waals surface area contributed by atoms with Gasteiger partial charge in [0.05, 0.1) is 0 Å². The molecule has 0 aromatic heterocycles. The average Bonchev–Trinajstić information content (AvgIpc) is 2.25. The Kier molecular flexibility index (Phi) is 4.07. The van der Waals surface area contributed by atoms with Crippen LogP contribution in [0.2, 0.25) is 0 Å². The van der Waals surface area contributed by atoms with Crippen molar-refractivity contribution in [2.75, 3.05) is 6.54 Å². The second kappa shape index (κ2) is 5.12. The maximum absolute atomic E-state index is 11.9. The van der Waals surface area contributed by atoms with E-state index in [1.54, 1.807) is 0 Å². The number of nitrogens with two attached hydrogens (primary N) is 1. The van der Waals surface area contributed by atoms with E-state index < -0.39 is 0 Å². The van der Waals surface area contributed by atoms with Gasteiger partial charge in [-0.05, 0) is 31.9 Å². The zero-order chi connectivity index (χ0) is 12.2. The second-order valence-electron chi connectivity index (χ2n) is 4.68. The Morgan fingerprint density at radius 1 is 1.38 bits per heavy atom. The minimum absolute atomic E-state index is 0.0454. The Labute approximate surface area is 97.0 Å². The lowest BCUT2D eigenvalue weighted by Crippen LogP contribution is -2.45. The van der Waals surface area contributed by atoms with Gasteiger partial charge in [-0.2, -0.15) is 0 Å². The molecule has 0 fully saturated rings. The second-order valence-corrected chi connectivity index (χ2v) is 4.68. The van der Waals surface area contributed by atoms with Crippen LogP contribution in [0.3, 0.4) is 0 Å². The molecular weight excluding hydrogens is 200 g/mol. The summed E-state index contributed by atoms with van der Waals surface area (Å²) >= 11 is 0. The van der Waals surface area contributed by atoms with Crippen LogP contribution in [0.15, 0.2) is 24.3 Å². The van der Waals surface area contributed by atoms with Crippen molar-refractivity contribution < 1.29 is 4.79 Å². The number of hydrogen-bond donors (Lipinski definition) is 2. The van der Waals surface area contributed by atoms with Crippen LogP contribution in [0.25, 0.3) is 0 Å². The molecule has 0 atom stereocenters. The molecule has 16 heavy (non-hydrogen) atoms. The molecule has 3 N–H and O–H groups in total. The number of carbonyl (C=O) groups is 1. The standard InChI is InChI=1S/C13H20N2O/c1-4-10-7-5-6-8-11(10)12(16)15-9-13(2,3)14/h5-8H,4,9,14H2,1-3H3,(H,15,16). The topological polar surface area (TPSA) is 55.1 Å². The fourth-order valence-electron chi connectivity index (χ4n) is 1.45. The van der Waals surface area contributed by atoms with Gasteiger partial charge >= 0.3 is 0 Å². The van der Waals surface area contributed by atoms with Crippen LogP contribution < -0.4 is 11.1 Å². The van der Waals surface area contributed by atoms with Crippen LogP contribution in [0.1, 0.15) is 36.7 Å². The zero-order valence-corrected chi connectivity index (χ0v) is 10.2. The largest absolute Gasteiger partial charge is 0.350 e. The molecule has 1 aromatic rings. The van der Waals surface area contributed by atoms with Gasteiger partial charge in [-0.1, -0.05) is 25.1 Å². The third-order valence-electron chi connectivity index (χ3n) is 2.35. The third-order valence-corrected chi connectivity index (χ3v) is 2.35. The van der Waals surface area contributed by atoms with Crippen LogP contribution in [-0.2, 0) is 6.42 Å². The number of carbonyl (C=O) groups excluding carboxylic acids is 1. The maximum atomic E-state index is 11.9. The normalized spacial score (nSPS) is 11.2.